The molecule has 0 aliphatic carbocycles. The molecule has 1 aromatic heterocycles. The van der Waals surface area contributed by atoms with Crippen LogP contribution in [0, 0.1) is 18.6 Å². The normalized spacial score (nSPS) is 11.6. The predicted molar refractivity (Wildman–Crippen MR) is 67.7 cm³/mol. The summed E-state index contributed by atoms with van der Waals surface area (Å²) in [6.07, 6.45) is 0. The van der Waals surface area contributed by atoms with Gasteiger partial charge in [-0.3, -0.25) is 0 Å². The molecule has 0 aliphatic heterocycles. The van der Waals surface area contributed by atoms with E-state index in [1.54, 1.807) is 0 Å². The molecular weight excluding hydrogens is 306 g/mol. The fourth-order valence-electron chi connectivity index (χ4n) is 1.82. The van der Waals surface area contributed by atoms with Gasteiger partial charge in [-0.15, -0.1) is 0 Å². The molecule has 1 heterocycles. The number of halogens is 2. The number of benzene rings is 1. The van der Waals surface area contributed by atoms with Gasteiger partial charge in [0.2, 0.25) is 5.76 Å². The number of furan rings is 1. The third-order valence-electron chi connectivity index (χ3n) is 2.72. The molecule has 21 heavy (non-hydrogen) atoms. The summed E-state index contributed by atoms with van der Waals surface area (Å²) in [6, 6.07) is 3.35. The Morgan fingerprint density at radius 3 is 2.48 bits per heavy atom. The summed E-state index contributed by atoms with van der Waals surface area (Å²) >= 11 is 0. The fraction of sp³-hybridized carbons (Fsp3) is 0.154. The number of hydrogen-bond donors (Lipinski definition) is 1. The van der Waals surface area contributed by atoms with Crippen molar-refractivity contribution in [1.29, 1.82) is 0 Å². The van der Waals surface area contributed by atoms with Gasteiger partial charge in [0.1, 0.15) is 28.0 Å². The molecule has 2 rings (SSSR count). The average molecular weight is 316 g/mol. The van der Waals surface area contributed by atoms with E-state index < -0.39 is 38.1 Å². The highest BCUT2D eigenvalue weighted by molar-refractivity contribution is 7.90. The maximum atomic E-state index is 13.5. The Hall–Kier alpha value is -2.22. The van der Waals surface area contributed by atoms with Gasteiger partial charge in [-0.2, -0.15) is 0 Å². The number of carboxylic acids is 1. The predicted octanol–water partition coefficient (Wildman–Crippen LogP) is 2.54. The minimum absolute atomic E-state index is 0.131. The minimum atomic E-state index is -4.12. The SMILES string of the molecule is Cc1cc(CS(=O)(=O)c2ccc(F)cc2F)oc1C(=O)O. The summed E-state index contributed by atoms with van der Waals surface area (Å²) in [7, 11) is -4.12. The first kappa shape index (κ1) is 15.2. The van der Waals surface area contributed by atoms with Crippen molar-refractivity contribution in [3.05, 3.63) is 53.0 Å². The number of carbonyl (C=O) groups is 1. The summed E-state index contributed by atoms with van der Waals surface area (Å²) in [5.41, 5.74) is 0.257. The van der Waals surface area contributed by atoms with Crippen LogP contribution in [0.5, 0.6) is 0 Å². The maximum Gasteiger partial charge on any atom is 0.372 e. The van der Waals surface area contributed by atoms with Gasteiger partial charge in [0, 0.05) is 11.6 Å². The molecule has 112 valence electrons. The number of aryl methyl sites for hydroxylation is 1. The zero-order valence-electron chi connectivity index (χ0n) is 10.8. The molecule has 0 aliphatic rings. The Bertz CT molecular complexity index is 808. The molecule has 0 atom stereocenters. The molecule has 0 unspecified atom stereocenters. The molecule has 1 N–H and O–H groups in total. The monoisotopic (exact) mass is 316 g/mol. The van der Waals surface area contributed by atoms with Gasteiger partial charge in [-0.25, -0.2) is 22.0 Å². The smallest absolute Gasteiger partial charge is 0.372 e. The van der Waals surface area contributed by atoms with Crippen LogP contribution in [0.25, 0.3) is 0 Å². The Morgan fingerprint density at radius 1 is 1.29 bits per heavy atom. The first-order valence-corrected chi connectivity index (χ1v) is 7.36. The van der Waals surface area contributed by atoms with Crippen LogP contribution in [0.3, 0.4) is 0 Å². The average Bonchev–Trinajstić information content (AvgIpc) is 2.68. The second kappa shape index (κ2) is 5.28. The zero-order chi connectivity index (χ0) is 15.8. The highest BCUT2D eigenvalue weighted by Crippen LogP contribution is 2.23. The number of sulfone groups is 1. The van der Waals surface area contributed by atoms with Crippen LogP contribution in [-0.2, 0) is 15.6 Å². The first-order valence-electron chi connectivity index (χ1n) is 5.71. The number of carboxylic acid groups (broad SMARTS) is 1. The standard InChI is InChI=1S/C13H10F2O5S/c1-7-4-9(20-12(7)13(16)17)6-21(18,19)11-3-2-8(14)5-10(11)15/h2-5H,6H2,1H3,(H,16,17). The Kier molecular flexibility index (Phi) is 3.82. The second-order valence-electron chi connectivity index (χ2n) is 4.36. The van der Waals surface area contributed by atoms with Gasteiger partial charge < -0.3 is 9.52 Å². The lowest BCUT2D eigenvalue weighted by molar-refractivity contribution is 0.0659. The van der Waals surface area contributed by atoms with Gasteiger partial charge in [0.15, 0.2) is 9.84 Å². The van der Waals surface area contributed by atoms with Crippen molar-refractivity contribution in [2.75, 3.05) is 0 Å². The third-order valence-corrected chi connectivity index (χ3v) is 4.39. The Morgan fingerprint density at radius 2 is 1.95 bits per heavy atom. The van der Waals surface area contributed by atoms with E-state index in [0.717, 1.165) is 12.1 Å². The van der Waals surface area contributed by atoms with E-state index in [4.69, 9.17) is 9.52 Å². The van der Waals surface area contributed by atoms with E-state index in [1.807, 2.05) is 0 Å². The van der Waals surface area contributed by atoms with Crippen molar-refractivity contribution >= 4 is 15.8 Å². The van der Waals surface area contributed by atoms with Gasteiger partial charge >= 0.3 is 5.97 Å². The van der Waals surface area contributed by atoms with E-state index in [9.17, 15) is 22.0 Å². The highest BCUT2D eigenvalue weighted by atomic mass is 32.2. The summed E-state index contributed by atoms with van der Waals surface area (Å²) < 4.78 is 55.3. The van der Waals surface area contributed by atoms with Gasteiger partial charge in [0.05, 0.1) is 0 Å². The van der Waals surface area contributed by atoms with Crippen molar-refractivity contribution in [2.45, 2.75) is 17.6 Å². The number of rotatable bonds is 4. The van der Waals surface area contributed by atoms with E-state index in [0.29, 0.717) is 6.07 Å². The van der Waals surface area contributed by atoms with Gasteiger partial charge in [-0.1, -0.05) is 0 Å². The Balaban J connectivity index is 2.37. The molecule has 0 saturated carbocycles. The molecule has 0 saturated heterocycles. The van der Waals surface area contributed by atoms with Crippen LogP contribution in [0.1, 0.15) is 21.9 Å². The van der Waals surface area contributed by atoms with Crippen LogP contribution >= 0.6 is 0 Å². The molecule has 0 bridgehead atoms. The van der Waals surface area contributed by atoms with Crippen LogP contribution in [0.15, 0.2) is 33.6 Å². The van der Waals surface area contributed by atoms with Crippen LogP contribution in [-0.4, -0.2) is 19.5 Å². The number of aromatic carboxylic acids is 1. The van der Waals surface area contributed by atoms with Crippen molar-refractivity contribution < 1.29 is 31.5 Å². The van der Waals surface area contributed by atoms with E-state index >= 15 is 0 Å². The van der Waals surface area contributed by atoms with Gasteiger partial charge in [0.25, 0.3) is 0 Å². The first-order chi connectivity index (χ1) is 9.70. The van der Waals surface area contributed by atoms with Crippen molar-refractivity contribution in [3.63, 3.8) is 0 Å². The van der Waals surface area contributed by atoms with Gasteiger partial charge in [-0.05, 0) is 25.1 Å². The van der Waals surface area contributed by atoms with Crippen molar-refractivity contribution in [2.24, 2.45) is 0 Å². The molecule has 8 heteroatoms. The summed E-state index contributed by atoms with van der Waals surface area (Å²) in [4.78, 5) is 10.1. The van der Waals surface area contributed by atoms with Crippen LogP contribution < -0.4 is 0 Å². The summed E-state index contributed by atoms with van der Waals surface area (Å²) in [5.74, 6) is -4.66. The number of hydrogen-bond acceptors (Lipinski definition) is 4. The molecule has 0 fully saturated rings. The lowest BCUT2D eigenvalue weighted by Gasteiger charge is -2.04. The van der Waals surface area contributed by atoms with Crippen molar-refractivity contribution in [3.8, 4) is 0 Å². The molecule has 2 aromatic rings. The molecule has 1 aromatic carbocycles. The lowest BCUT2D eigenvalue weighted by Crippen LogP contribution is -2.07. The van der Waals surface area contributed by atoms with Crippen LogP contribution in [0.4, 0.5) is 8.78 Å². The zero-order valence-corrected chi connectivity index (χ0v) is 11.6. The topological polar surface area (TPSA) is 84.6 Å². The van der Waals surface area contributed by atoms with E-state index in [1.165, 1.54) is 13.0 Å². The van der Waals surface area contributed by atoms with E-state index in [2.05, 4.69) is 0 Å². The Labute approximate surface area is 118 Å². The maximum absolute atomic E-state index is 13.5. The molecular formula is C13H10F2O5S. The van der Waals surface area contributed by atoms with E-state index in [-0.39, 0.29) is 17.1 Å². The molecule has 0 radical (unpaired) electrons. The fourth-order valence-corrected chi connectivity index (χ4v) is 3.13. The molecule has 0 spiro atoms. The molecule has 5 nitrogen and oxygen atoms in total. The summed E-state index contributed by atoms with van der Waals surface area (Å²) in [5, 5.41) is 8.82. The summed E-state index contributed by atoms with van der Waals surface area (Å²) in [6.45, 7) is 1.45. The van der Waals surface area contributed by atoms with Crippen LogP contribution in [0.2, 0.25) is 0 Å². The molecule has 0 amide bonds. The second-order valence-corrected chi connectivity index (χ2v) is 6.32. The lowest BCUT2D eigenvalue weighted by atomic mass is 10.3. The quantitative estimate of drug-likeness (QED) is 0.876. The highest BCUT2D eigenvalue weighted by Gasteiger charge is 2.24. The third kappa shape index (κ3) is 3.10. The minimum Gasteiger partial charge on any atom is -0.475 e. The largest absolute Gasteiger partial charge is 0.475 e. The van der Waals surface area contributed by atoms with Crippen molar-refractivity contribution in [1.82, 2.24) is 0 Å².